The van der Waals surface area contributed by atoms with Crippen molar-refractivity contribution in [1.82, 2.24) is 0 Å². The van der Waals surface area contributed by atoms with E-state index in [0.717, 1.165) is 0 Å². The average molecular weight is 177 g/mol. The molecular weight excluding hydrogens is 166 g/mol. The molecule has 0 saturated carbocycles. The van der Waals surface area contributed by atoms with Gasteiger partial charge in [-0.2, -0.15) is 0 Å². The number of anilines is 1. The third kappa shape index (κ3) is 1.87. The summed E-state index contributed by atoms with van der Waals surface area (Å²) < 4.78 is 4.59. The number of nitrogen functional groups attached to an aromatic ring is 1. The van der Waals surface area contributed by atoms with Gasteiger partial charge in [-0.25, -0.2) is 4.79 Å². The maximum absolute atomic E-state index is 11.2. The van der Waals surface area contributed by atoms with Crippen LogP contribution in [0.2, 0.25) is 0 Å². The second-order valence-corrected chi connectivity index (χ2v) is 2.54. The zero-order chi connectivity index (χ0) is 9.84. The molecule has 0 aliphatic heterocycles. The minimum Gasteiger partial charge on any atom is -0.465 e. The molecule has 0 spiro atoms. The molecule has 13 heavy (non-hydrogen) atoms. The fraction of sp³-hybridized carbons (Fsp3) is 0.100. The van der Waals surface area contributed by atoms with E-state index in [0.29, 0.717) is 16.8 Å². The number of ether oxygens (including phenoxy) is 1. The van der Waals surface area contributed by atoms with Crippen molar-refractivity contribution in [1.29, 1.82) is 0 Å². The van der Waals surface area contributed by atoms with Crippen molar-refractivity contribution >= 4 is 17.7 Å². The monoisotopic (exact) mass is 177 g/mol. The van der Waals surface area contributed by atoms with E-state index in [-0.39, 0.29) is 5.97 Å². The second kappa shape index (κ2) is 3.76. The van der Waals surface area contributed by atoms with Crippen LogP contribution < -0.4 is 5.73 Å². The predicted molar refractivity (Wildman–Crippen MR) is 52.3 cm³/mol. The van der Waals surface area contributed by atoms with Gasteiger partial charge in [-0.1, -0.05) is 12.7 Å². The van der Waals surface area contributed by atoms with Crippen LogP contribution in [0.4, 0.5) is 5.69 Å². The minimum atomic E-state index is -0.380. The van der Waals surface area contributed by atoms with Gasteiger partial charge >= 0.3 is 5.97 Å². The Balaban J connectivity index is 3.20. The molecule has 2 N–H and O–H groups in total. The number of hydrogen-bond acceptors (Lipinski definition) is 3. The van der Waals surface area contributed by atoms with E-state index in [2.05, 4.69) is 11.3 Å². The van der Waals surface area contributed by atoms with Crippen molar-refractivity contribution in [3.05, 3.63) is 35.9 Å². The summed E-state index contributed by atoms with van der Waals surface area (Å²) in [6.45, 7) is 3.59. The number of esters is 1. The lowest BCUT2D eigenvalue weighted by atomic mass is 10.1. The lowest BCUT2D eigenvalue weighted by Crippen LogP contribution is -2.04. The van der Waals surface area contributed by atoms with Gasteiger partial charge in [0.25, 0.3) is 0 Å². The number of carbonyl (C=O) groups is 1. The first-order chi connectivity index (χ1) is 6.19. The molecule has 0 aliphatic rings. The summed E-state index contributed by atoms with van der Waals surface area (Å²) in [4.78, 5) is 11.2. The van der Waals surface area contributed by atoms with Crippen molar-refractivity contribution in [2.24, 2.45) is 0 Å². The Morgan fingerprint density at radius 1 is 1.62 bits per heavy atom. The van der Waals surface area contributed by atoms with E-state index >= 15 is 0 Å². The van der Waals surface area contributed by atoms with Crippen LogP contribution in [0, 0.1) is 0 Å². The quantitative estimate of drug-likeness (QED) is 0.552. The molecule has 0 amide bonds. The highest BCUT2D eigenvalue weighted by Crippen LogP contribution is 2.15. The van der Waals surface area contributed by atoms with Gasteiger partial charge in [-0.3, -0.25) is 0 Å². The first-order valence-electron chi connectivity index (χ1n) is 3.79. The summed E-state index contributed by atoms with van der Waals surface area (Å²) >= 11 is 0. The molecule has 0 unspecified atom stereocenters. The molecule has 1 aromatic rings. The Kier molecular flexibility index (Phi) is 2.69. The van der Waals surface area contributed by atoms with E-state index in [4.69, 9.17) is 5.73 Å². The molecule has 0 radical (unpaired) electrons. The Hall–Kier alpha value is -1.77. The molecule has 0 fully saturated rings. The minimum absolute atomic E-state index is 0.380. The fourth-order valence-electron chi connectivity index (χ4n) is 1.05. The molecule has 0 aromatic heterocycles. The van der Waals surface area contributed by atoms with Crippen molar-refractivity contribution in [3.63, 3.8) is 0 Å². The van der Waals surface area contributed by atoms with E-state index in [1.807, 2.05) is 0 Å². The number of rotatable bonds is 2. The van der Waals surface area contributed by atoms with Crippen molar-refractivity contribution in [2.75, 3.05) is 12.8 Å². The number of hydrogen-bond donors (Lipinski definition) is 1. The van der Waals surface area contributed by atoms with Crippen molar-refractivity contribution < 1.29 is 9.53 Å². The van der Waals surface area contributed by atoms with E-state index in [1.165, 1.54) is 7.11 Å². The lowest BCUT2D eigenvalue weighted by Gasteiger charge is -2.04. The molecule has 0 atom stereocenters. The van der Waals surface area contributed by atoms with Gasteiger partial charge in [0.15, 0.2) is 0 Å². The highest BCUT2D eigenvalue weighted by atomic mass is 16.5. The van der Waals surface area contributed by atoms with Crippen LogP contribution in [-0.2, 0) is 4.74 Å². The molecule has 1 aromatic carbocycles. The summed E-state index contributed by atoms with van der Waals surface area (Å²) in [5.74, 6) is -0.380. The fourth-order valence-corrected chi connectivity index (χ4v) is 1.05. The van der Waals surface area contributed by atoms with Gasteiger partial charge in [0.1, 0.15) is 0 Å². The van der Waals surface area contributed by atoms with Crippen LogP contribution in [0.25, 0.3) is 6.08 Å². The molecule has 68 valence electrons. The van der Waals surface area contributed by atoms with Crippen molar-refractivity contribution in [3.8, 4) is 0 Å². The Labute approximate surface area is 76.8 Å². The highest BCUT2D eigenvalue weighted by molar-refractivity contribution is 5.94. The van der Waals surface area contributed by atoms with Crippen LogP contribution >= 0.6 is 0 Å². The molecule has 0 saturated heterocycles. The standard InChI is InChI=1S/C10H11NO2/c1-3-7-6-8(11)4-5-9(7)10(12)13-2/h3-6H,1,11H2,2H3. The molecule has 0 aliphatic carbocycles. The Bertz CT molecular complexity index is 345. The summed E-state index contributed by atoms with van der Waals surface area (Å²) in [5.41, 5.74) is 7.31. The Morgan fingerprint density at radius 3 is 2.85 bits per heavy atom. The number of benzene rings is 1. The van der Waals surface area contributed by atoms with Crippen LogP contribution in [0.5, 0.6) is 0 Å². The van der Waals surface area contributed by atoms with Crippen LogP contribution in [0.1, 0.15) is 15.9 Å². The molecule has 0 heterocycles. The van der Waals surface area contributed by atoms with E-state index < -0.39 is 0 Å². The van der Waals surface area contributed by atoms with E-state index in [9.17, 15) is 4.79 Å². The predicted octanol–water partition coefficient (Wildman–Crippen LogP) is 1.70. The van der Waals surface area contributed by atoms with Gasteiger partial charge in [-0.05, 0) is 23.8 Å². The van der Waals surface area contributed by atoms with Gasteiger partial charge in [-0.15, -0.1) is 0 Å². The van der Waals surface area contributed by atoms with Gasteiger partial charge in [0.05, 0.1) is 12.7 Å². The number of methoxy groups -OCH3 is 1. The normalized spacial score (nSPS) is 9.31. The SMILES string of the molecule is C=Cc1cc(N)ccc1C(=O)OC. The van der Waals surface area contributed by atoms with Crippen LogP contribution in [-0.4, -0.2) is 13.1 Å². The molecule has 0 bridgehead atoms. The Morgan fingerprint density at radius 2 is 2.31 bits per heavy atom. The third-order valence-corrected chi connectivity index (χ3v) is 1.70. The zero-order valence-electron chi connectivity index (χ0n) is 7.41. The number of carbonyl (C=O) groups excluding carboxylic acids is 1. The summed E-state index contributed by atoms with van der Waals surface area (Å²) in [7, 11) is 1.34. The molecule has 3 nitrogen and oxygen atoms in total. The summed E-state index contributed by atoms with van der Waals surface area (Å²) in [6, 6.07) is 4.96. The first-order valence-corrected chi connectivity index (χ1v) is 3.79. The summed E-state index contributed by atoms with van der Waals surface area (Å²) in [6.07, 6.45) is 1.57. The molecule has 1 rings (SSSR count). The molecule has 3 heteroatoms. The number of nitrogens with two attached hydrogens (primary N) is 1. The maximum Gasteiger partial charge on any atom is 0.338 e. The second-order valence-electron chi connectivity index (χ2n) is 2.54. The lowest BCUT2D eigenvalue weighted by molar-refractivity contribution is 0.0600. The average Bonchev–Trinajstić information content (AvgIpc) is 2.16. The van der Waals surface area contributed by atoms with Gasteiger partial charge in [0.2, 0.25) is 0 Å². The molecular formula is C10H11NO2. The van der Waals surface area contributed by atoms with Crippen LogP contribution in [0.3, 0.4) is 0 Å². The highest BCUT2D eigenvalue weighted by Gasteiger charge is 2.08. The van der Waals surface area contributed by atoms with Crippen molar-refractivity contribution in [2.45, 2.75) is 0 Å². The van der Waals surface area contributed by atoms with Crippen LogP contribution in [0.15, 0.2) is 24.8 Å². The zero-order valence-corrected chi connectivity index (χ0v) is 7.41. The summed E-state index contributed by atoms with van der Waals surface area (Å²) in [5, 5.41) is 0. The maximum atomic E-state index is 11.2. The smallest absolute Gasteiger partial charge is 0.338 e. The topological polar surface area (TPSA) is 52.3 Å². The van der Waals surface area contributed by atoms with Gasteiger partial charge < -0.3 is 10.5 Å². The first kappa shape index (κ1) is 9.32. The largest absolute Gasteiger partial charge is 0.465 e. The van der Waals surface area contributed by atoms with E-state index in [1.54, 1.807) is 24.3 Å². The third-order valence-electron chi connectivity index (χ3n) is 1.70. The van der Waals surface area contributed by atoms with Gasteiger partial charge in [0, 0.05) is 5.69 Å².